The fraction of sp³-hybridized carbons (Fsp3) is 0.438. The van der Waals surface area contributed by atoms with E-state index in [-0.39, 0.29) is 5.91 Å². The maximum atomic E-state index is 12.3. The molecule has 0 bridgehead atoms. The van der Waals surface area contributed by atoms with Crippen molar-refractivity contribution in [3.8, 4) is 0 Å². The van der Waals surface area contributed by atoms with Crippen LogP contribution >= 0.6 is 23.2 Å². The molecule has 7 heteroatoms. The average molecular weight is 353 g/mol. The molecule has 0 atom stereocenters. The number of halogens is 2. The molecule has 0 unspecified atom stereocenters. The van der Waals surface area contributed by atoms with Crippen molar-refractivity contribution in [2.45, 2.75) is 31.7 Å². The van der Waals surface area contributed by atoms with Gasteiger partial charge < -0.3 is 4.90 Å². The number of hydrogen-bond donors (Lipinski definition) is 0. The summed E-state index contributed by atoms with van der Waals surface area (Å²) >= 11 is 12.6. The van der Waals surface area contributed by atoms with Gasteiger partial charge in [-0.25, -0.2) is 0 Å². The normalized spacial score (nSPS) is 15.8. The Balaban J connectivity index is 1.55. The fourth-order valence-corrected chi connectivity index (χ4v) is 3.74. The van der Waals surface area contributed by atoms with E-state index in [0.717, 1.165) is 31.5 Å². The number of benzene rings is 1. The average Bonchev–Trinajstić information content (AvgIpc) is 3.06. The number of piperidine rings is 1. The monoisotopic (exact) mass is 352 g/mol. The van der Waals surface area contributed by atoms with Crippen LogP contribution in [0.1, 0.15) is 30.7 Å². The van der Waals surface area contributed by atoms with E-state index in [1.54, 1.807) is 17.1 Å². The summed E-state index contributed by atoms with van der Waals surface area (Å²) in [5.41, 5.74) is 1.02. The highest BCUT2D eigenvalue weighted by molar-refractivity contribution is 6.36. The fourth-order valence-electron chi connectivity index (χ4n) is 3.04. The molecule has 0 radical (unpaired) electrons. The summed E-state index contributed by atoms with van der Waals surface area (Å²) in [5, 5.41) is 9.04. The lowest BCUT2D eigenvalue weighted by Gasteiger charge is -2.33. The molecule has 0 N–H and O–H groups in total. The van der Waals surface area contributed by atoms with Crippen LogP contribution in [0.15, 0.2) is 30.6 Å². The lowest BCUT2D eigenvalue weighted by molar-refractivity contribution is -0.132. The Morgan fingerprint density at radius 3 is 2.52 bits per heavy atom. The van der Waals surface area contributed by atoms with Gasteiger partial charge in [-0.1, -0.05) is 34.5 Å². The number of rotatable bonds is 4. The molecule has 1 aromatic carbocycles. The zero-order valence-corrected chi connectivity index (χ0v) is 14.2. The Morgan fingerprint density at radius 2 is 1.91 bits per heavy atom. The highest BCUT2D eigenvalue weighted by Gasteiger charge is 2.26. The van der Waals surface area contributed by atoms with Crippen LogP contribution in [0.3, 0.4) is 0 Å². The maximum Gasteiger partial charge on any atom is 0.224 e. The molecule has 1 aliphatic rings. The number of carbonyl (C=O) groups excluding carboxylic acids is 1. The predicted molar refractivity (Wildman–Crippen MR) is 89.7 cm³/mol. The van der Waals surface area contributed by atoms with Gasteiger partial charge in [-0.2, -0.15) is 0 Å². The van der Waals surface area contributed by atoms with E-state index in [0.29, 0.717) is 28.9 Å². The topological polar surface area (TPSA) is 51.0 Å². The van der Waals surface area contributed by atoms with Gasteiger partial charge in [0.05, 0.1) is 12.7 Å². The minimum atomic E-state index is 0.157. The lowest BCUT2D eigenvalue weighted by atomic mass is 9.89. The molecule has 5 nitrogen and oxygen atoms in total. The first kappa shape index (κ1) is 16.3. The molecule has 122 valence electrons. The van der Waals surface area contributed by atoms with Gasteiger partial charge in [-0.3, -0.25) is 9.48 Å². The van der Waals surface area contributed by atoms with Gasteiger partial charge in [-0.05, 0) is 36.5 Å². The first-order valence-electron chi connectivity index (χ1n) is 7.71. The van der Waals surface area contributed by atoms with Crippen molar-refractivity contribution in [2.75, 3.05) is 13.1 Å². The van der Waals surface area contributed by atoms with E-state index in [4.69, 9.17) is 23.2 Å². The van der Waals surface area contributed by atoms with Crippen LogP contribution in [0.2, 0.25) is 10.0 Å². The molecule has 23 heavy (non-hydrogen) atoms. The number of aromatic nitrogens is 3. The number of likely N-dealkylation sites (tertiary alicyclic amines) is 1. The predicted octanol–water partition coefficient (Wildman–Crippen LogP) is 3.38. The Hall–Kier alpha value is -1.59. The van der Waals surface area contributed by atoms with Gasteiger partial charge in [0, 0.05) is 35.8 Å². The van der Waals surface area contributed by atoms with Gasteiger partial charge in [-0.15, -0.1) is 5.10 Å². The Morgan fingerprint density at radius 1 is 1.22 bits per heavy atom. The Labute approximate surface area is 145 Å². The third-order valence-corrected chi connectivity index (χ3v) is 4.94. The van der Waals surface area contributed by atoms with E-state index in [1.807, 2.05) is 23.1 Å². The molecule has 1 amide bonds. The van der Waals surface area contributed by atoms with Gasteiger partial charge >= 0.3 is 0 Å². The summed E-state index contributed by atoms with van der Waals surface area (Å²) in [5.74, 6) is 0.472. The summed E-state index contributed by atoms with van der Waals surface area (Å²) in [6, 6.07) is 5.60. The molecule has 1 aromatic heterocycles. The molecule has 1 saturated heterocycles. The molecule has 0 spiro atoms. The summed E-state index contributed by atoms with van der Waals surface area (Å²) < 4.78 is 1.67. The van der Waals surface area contributed by atoms with E-state index < -0.39 is 0 Å². The number of amides is 1. The quantitative estimate of drug-likeness (QED) is 0.847. The second kappa shape index (κ2) is 7.32. The van der Waals surface area contributed by atoms with Crippen molar-refractivity contribution in [1.29, 1.82) is 0 Å². The van der Waals surface area contributed by atoms with Crippen molar-refractivity contribution >= 4 is 29.1 Å². The van der Waals surface area contributed by atoms with Crippen LogP contribution < -0.4 is 0 Å². The van der Waals surface area contributed by atoms with Crippen LogP contribution in [0.5, 0.6) is 0 Å². The molecule has 0 saturated carbocycles. The van der Waals surface area contributed by atoms with Crippen LogP contribution in [0.4, 0.5) is 0 Å². The third-order valence-electron chi connectivity index (χ3n) is 4.28. The Bertz CT molecular complexity index is 646. The minimum Gasteiger partial charge on any atom is -0.343 e. The van der Waals surface area contributed by atoms with Crippen LogP contribution in [0.25, 0.3) is 0 Å². The molecule has 2 aromatic rings. The van der Waals surface area contributed by atoms with Crippen molar-refractivity contribution in [2.24, 2.45) is 0 Å². The first-order chi connectivity index (χ1) is 11.1. The Kier molecular flexibility index (Phi) is 5.18. The molecular weight excluding hydrogens is 335 g/mol. The van der Waals surface area contributed by atoms with Crippen molar-refractivity contribution in [1.82, 2.24) is 19.9 Å². The van der Waals surface area contributed by atoms with Crippen molar-refractivity contribution < 1.29 is 4.79 Å². The number of hydrogen-bond acceptors (Lipinski definition) is 3. The minimum absolute atomic E-state index is 0.157. The molecule has 2 heterocycles. The van der Waals surface area contributed by atoms with Gasteiger partial charge in [0.25, 0.3) is 0 Å². The van der Waals surface area contributed by atoms with Crippen molar-refractivity contribution in [3.05, 3.63) is 46.2 Å². The summed E-state index contributed by atoms with van der Waals surface area (Å²) in [4.78, 5) is 14.2. The molecule has 3 rings (SSSR count). The highest BCUT2D eigenvalue weighted by Crippen LogP contribution is 2.37. The van der Waals surface area contributed by atoms with E-state index >= 15 is 0 Å². The first-order valence-corrected chi connectivity index (χ1v) is 8.46. The second-order valence-electron chi connectivity index (χ2n) is 5.71. The van der Waals surface area contributed by atoms with Crippen LogP contribution in [-0.2, 0) is 11.3 Å². The van der Waals surface area contributed by atoms with E-state index in [1.165, 1.54) is 0 Å². The summed E-state index contributed by atoms with van der Waals surface area (Å²) in [6.45, 7) is 2.04. The van der Waals surface area contributed by atoms with E-state index in [9.17, 15) is 4.79 Å². The standard InChI is InChI=1S/C16H18Cl2N4O/c17-13-2-1-3-14(18)16(13)12-4-8-21(9-5-12)15(23)6-10-22-11-7-19-20-22/h1-3,7,11-12H,4-6,8-10H2. The SMILES string of the molecule is O=C(CCn1ccnn1)N1CCC(c2c(Cl)cccc2Cl)CC1. The van der Waals surface area contributed by atoms with Crippen LogP contribution in [0, 0.1) is 0 Å². The number of nitrogens with zero attached hydrogens (tertiary/aromatic N) is 4. The highest BCUT2D eigenvalue weighted by atomic mass is 35.5. The van der Waals surface area contributed by atoms with Gasteiger partial charge in [0.15, 0.2) is 0 Å². The van der Waals surface area contributed by atoms with Gasteiger partial charge in [0.2, 0.25) is 5.91 Å². The molecule has 1 aliphatic heterocycles. The zero-order chi connectivity index (χ0) is 16.2. The number of carbonyl (C=O) groups is 1. The lowest BCUT2D eigenvalue weighted by Crippen LogP contribution is -2.38. The largest absolute Gasteiger partial charge is 0.343 e. The smallest absolute Gasteiger partial charge is 0.224 e. The number of aryl methyl sites for hydroxylation is 1. The van der Waals surface area contributed by atoms with Gasteiger partial charge in [0.1, 0.15) is 0 Å². The maximum absolute atomic E-state index is 12.3. The zero-order valence-electron chi connectivity index (χ0n) is 12.7. The molecule has 0 aliphatic carbocycles. The molecular formula is C16H18Cl2N4O. The second-order valence-corrected chi connectivity index (χ2v) is 6.52. The summed E-state index contributed by atoms with van der Waals surface area (Å²) in [7, 11) is 0. The molecule has 1 fully saturated rings. The van der Waals surface area contributed by atoms with Crippen LogP contribution in [-0.4, -0.2) is 38.9 Å². The van der Waals surface area contributed by atoms with Crippen molar-refractivity contribution in [3.63, 3.8) is 0 Å². The summed E-state index contributed by atoms with van der Waals surface area (Å²) in [6.07, 6.45) is 5.60. The third kappa shape index (κ3) is 3.85. The van der Waals surface area contributed by atoms with E-state index in [2.05, 4.69) is 10.3 Å².